The van der Waals surface area contributed by atoms with Crippen LogP contribution < -0.4 is 59.3 Å². The number of hydrogen-bond acceptors (Lipinski definition) is 19. The second-order valence-electron chi connectivity index (χ2n) is 23.0. The molecular formula is C62H86N12O19S. The third-order valence-corrected chi connectivity index (χ3v) is 15.6. The molecule has 1 aliphatic heterocycles. The molecule has 1 aliphatic rings. The van der Waals surface area contributed by atoms with Gasteiger partial charge in [-0.25, -0.2) is 4.79 Å². The van der Waals surface area contributed by atoms with Crippen LogP contribution in [0.15, 0.2) is 84.9 Å². The number of amides is 11. The van der Waals surface area contributed by atoms with Gasteiger partial charge in [0.1, 0.15) is 66.2 Å². The number of nitrogens with two attached hydrogens (primary N) is 2. The number of aliphatic carboxylic acids is 2. The Balaban J connectivity index is 1.50. The van der Waals surface area contributed by atoms with E-state index in [1.807, 2.05) is 0 Å². The predicted molar refractivity (Wildman–Crippen MR) is 339 cm³/mol. The van der Waals surface area contributed by atoms with Crippen LogP contribution in [-0.4, -0.2) is 217 Å². The van der Waals surface area contributed by atoms with Gasteiger partial charge in [0.25, 0.3) is 0 Å². The van der Waals surface area contributed by atoms with Gasteiger partial charge in [-0.05, 0) is 92.2 Å². The number of thioether (sulfide) groups is 1. The van der Waals surface area contributed by atoms with Crippen LogP contribution in [-0.2, 0) is 81.6 Å². The third-order valence-electron chi connectivity index (χ3n) is 15.0. The van der Waals surface area contributed by atoms with Crippen LogP contribution >= 0.6 is 11.8 Å². The molecule has 0 unspecified atom stereocenters. The molecule has 94 heavy (non-hydrogen) atoms. The van der Waals surface area contributed by atoms with Crippen LogP contribution in [0.3, 0.4) is 0 Å². The number of benzene rings is 3. The van der Waals surface area contributed by atoms with Crippen LogP contribution in [0.4, 0.5) is 0 Å². The summed E-state index contributed by atoms with van der Waals surface area (Å²) >= 11 is 1.26. The van der Waals surface area contributed by atoms with Crippen molar-refractivity contribution >= 4 is 88.7 Å². The summed E-state index contributed by atoms with van der Waals surface area (Å²) in [5.74, 6) is -14.3. The average molecular weight is 1340 g/mol. The van der Waals surface area contributed by atoms with Crippen molar-refractivity contribution < 1.29 is 93.0 Å². The number of carbonyl (C=O) groups excluding carboxylic acids is 11. The first-order valence-corrected chi connectivity index (χ1v) is 31.7. The summed E-state index contributed by atoms with van der Waals surface area (Å²) in [6.07, 6.45) is -2.45. The highest BCUT2D eigenvalue weighted by Gasteiger charge is 2.41. The number of aliphatic hydroxyl groups is 3. The highest BCUT2D eigenvalue weighted by molar-refractivity contribution is 7.98. The van der Waals surface area contributed by atoms with Gasteiger partial charge in [0.05, 0.1) is 31.8 Å². The molecule has 1 saturated heterocycles. The number of aliphatic hydroxyl groups excluding tert-OH is 3. The van der Waals surface area contributed by atoms with E-state index in [9.17, 15) is 93.0 Å². The molecule has 0 aromatic heterocycles. The number of phenols is 1. The molecule has 0 radical (unpaired) electrons. The molecule has 3 aromatic rings. The molecule has 19 N–H and O–H groups in total. The van der Waals surface area contributed by atoms with Gasteiger partial charge in [0.2, 0.25) is 65.0 Å². The van der Waals surface area contributed by atoms with Crippen LogP contribution in [0.1, 0.15) is 82.4 Å². The molecule has 0 saturated carbocycles. The maximum Gasteiger partial charge on any atom is 0.326 e. The van der Waals surface area contributed by atoms with Crippen LogP contribution in [0, 0.1) is 5.92 Å². The highest BCUT2D eigenvalue weighted by Crippen LogP contribution is 2.20. The zero-order chi connectivity index (χ0) is 69.8. The molecule has 0 aliphatic carbocycles. The maximum atomic E-state index is 14.3. The molecule has 12 atom stereocenters. The van der Waals surface area contributed by atoms with E-state index >= 15 is 0 Å². The zero-order valence-electron chi connectivity index (χ0n) is 52.5. The van der Waals surface area contributed by atoms with Crippen LogP contribution in [0.5, 0.6) is 5.75 Å². The van der Waals surface area contributed by atoms with Gasteiger partial charge in [0.15, 0.2) is 0 Å². The van der Waals surface area contributed by atoms with Crippen LogP contribution in [0.2, 0.25) is 0 Å². The number of nitrogens with one attached hydrogen (secondary N) is 9. The Hall–Kier alpha value is -9.24. The summed E-state index contributed by atoms with van der Waals surface area (Å²) in [4.78, 5) is 176. The first-order valence-electron chi connectivity index (χ1n) is 30.3. The molecule has 0 spiro atoms. The molecule has 11 amide bonds. The number of phenolic OH excluding ortho intramolecular Hbond substituents is 1. The molecule has 3 aromatic carbocycles. The van der Waals surface area contributed by atoms with Crippen LogP contribution in [0.25, 0.3) is 0 Å². The lowest BCUT2D eigenvalue weighted by molar-refractivity contribution is -0.144. The third kappa shape index (κ3) is 25.3. The zero-order valence-corrected chi connectivity index (χ0v) is 53.3. The predicted octanol–water partition coefficient (Wildman–Crippen LogP) is -3.91. The molecular weight excluding hydrogens is 1250 g/mol. The number of hydrogen-bond donors (Lipinski definition) is 17. The molecule has 514 valence electrons. The smallest absolute Gasteiger partial charge is 0.326 e. The Morgan fingerprint density at radius 1 is 0.553 bits per heavy atom. The van der Waals surface area contributed by atoms with Gasteiger partial charge >= 0.3 is 11.9 Å². The molecule has 32 heteroatoms. The van der Waals surface area contributed by atoms with E-state index < -0.39 is 182 Å². The Kier molecular flexibility index (Phi) is 31.8. The number of primary amides is 1. The van der Waals surface area contributed by atoms with Crippen molar-refractivity contribution in [2.75, 3.05) is 31.8 Å². The van der Waals surface area contributed by atoms with Crippen molar-refractivity contribution in [1.82, 2.24) is 52.8 Å². The number of likely N-dealkylation sites (tertiary alicyclic amines) is 1. The Labute approximate surface area is 546 Å². The normalized spacial score (nSPS) is 16.3. The minimum Gasteiger partial charge on any atom is -0.508 e. The fraction of sp³-hybridized carbons (Fsp3) is 0.500. The first-order chi connectivity index (χ1) is 44.5. The maximum absolute atomic E-state index is 14.3. The quantitative estimate of drug-likeness (QED) is 0.0260. The molecule has 0 bridgehead atoms. The van der Waals surface area contributed by atoms with Crippen molar-refractivity contribution in [3.63, 3.8) is 0 Å². The molecule has 1 heterocycles. The summed E-state index contributed by atoms with van der Waals surface area (Å²) in [7, 11) is 0. The number of nitrogens with zero attached hydrogens (tertiary/aromatic N) is 1. The van der Waals surface area contributed by atoms with E-state index in [1.165, 1.54) is 36.0 Å². The first kappa shape index (κ1) is 77.2. The lowest BCUT2D eigenvalue weighted by Gasteiger charge is -2.30. The van der Waals surface area contributed by atoms with Gasteiger partial charge in [-0.15, -0.1) is 0 Å². The van der Waals surface area contributed by atoms with E-state index in [1.54, 1.807) is 80.8 Å². The summed E-state index contributed by atoms with van der Waals surface area (Å²) in [6.45, 7) is 2.31. The highest BCUT2D eigenvalue weighted by atomic mass is 32.2. The standard InChI is InChI=1S/C62H86N12O19S/c1-33(2)26-45(62(92)93)70-56(86)44(30-49(64)79)69-53(83)40(21-22-50(80)81)65-55(85)42(28-36-14-9-6-10-15-36)68-54(84)41(23-25-94-4)66-58(88)46(31-75)71-59(89)48-16-11-24-74(48)61(91)47(32-76)72-60(90)51(34(3)77)73-57(87)43(29-37-17-19-38(78)20-18-37)67-52(82)39(63)27-35-12-7-5-8-13-35/h5-10,12-15,17-20,33-34,39-48,51,75-78H,11,16,21-32,63H2,1-4H3,(H2,64,79)(H,65,85)(H,66,88)(H,67,82)(H,68,84)(H,69,83)(H,70,86)(H,71,89)(H,72,90)(H,73,87)(H,80,81)(H,92,93)/t34-,39+,40+,41+,42+,43+,44+,45+,46+,47+,48+,51+/m1/s1. The Bertz CT molecular complexity index is 3090. The van der Waals surface area contributed by atoms with Crippen molar-refractivity contribution in [2.45, 2.75) is 158 Å². The van der Waals surface area contributed by atoms with Crippen molar-refractivity contribution in [1.29, 1.82) is 0 Å². The largest absolute Gasteiger partial charge is 0.508 e. The van der Waals surface area contributed by atoms with E-state index in [2.05, 4.69) is 47.9 Å². The topological polar surface area (TPSA) is 507 Å². The van der Waals surface area contributed by atoms with E-state index in [0.717, 1.165) is 17.4 Å². The van der Waals surface area contributed by atoms with Crippen molar-refractivity contribution in [2.24, 2.45) is 17.4 Å². The fourth-order valence-corrected chi connectivity index (χ4v) is 10.4. The number of aromatic hydroxyl groups is 1. The SMILES string of the molecule is CSCC[C@H](NC(=O)[C@H](CO)NC(=O)[C@@H]1CCCN1C(=O)[C@H](CO)NC(=O)[C@@H](NC(=O)[C@H](Cc1ccc(O)cc1)NC(=O)[C@@H](N)Cc1ccccc1)[C@@H](C)O)C(=O)N[C@@H](Cc1ccccc1)C(=O)N[C@@H](CCC(=O)O)C(=O)N[C@@H](CC(N)=O)C(=O)N[C@@H](CC(C)C)C(=O)O. The molecule has 4 rings (SSSR count). The number of rotatable bonds is 39. The lowest BCUT2D eigenvalue weighted by Crippen LogP contribution is -2.62. The minimum atomic E-state index is -1.81. The number of carbonyl (C=O) groups is 13. The summed E-state index contributed by atoms with van der Waals surface area (Å²) in [5.41, 5.74) is 13.3. The number of carboxylic acid groups (broad SMARTS) is 2. The van der Waals surface area contributed by atoms with E-state index in [-0.39, 0.29) is 68.9 Å². The lowest BCUT2D eigenvalue weighted by atomic mass is 10.0. The summed E-state index contributed by atoms with van der Waals surface area (Å²) in [6, 6.07) is 5.23. The Morgan fingerprint density at radius 2 is 1.01 bits per heavy atom. The second-order valence-corrected chi connectivity index (χ2v) is 24.0. The minimum absolute atomic E-state index is 0.0175. The van der Waals surface area contributed by atoms with Gasteiger partial charge in [-0.2, -0.15) is 11.8 Å². The van der Waals surface area contributed by atoms with Gasteiger partial charge < -0.3 is 94.9 Å². The molecule has 1 fully saturated rings. The van der Waals surface area contributed by atoms with Gasteiger partial charge in [-0.3, -0.25) is 57.5 Å². The summed E-state index contributed by atoms with van der Waals surface area (Å²) < 4.78 is 0. The van der Waals surface area contributed by atoms with Gasteiger partial charge in [0, 0.05) is 25.8 Å². The number of carboxylic acids is 2. The monoisotopic (exact) mass is 1330 g/mol. The van der Waals surface area contributed by atoms with Crippen molar-refractivity contribution in [3.05, 3.63) is 102 Å². The van der Waals surface area contributed by atoms with Gasteiger partial charge in [-0.1, -0.05) is 86.6 Å². The van der Waals surface area contributed by atoms with E-state index in [4.69, 9.17) is 11.5 Å². The second kappa shape index (κ2) is 38.7. The van der Waals surface area contributed by atoms with E-state index in [0.29, 0.717) is 11.1 Å². The fourth-order valence-electron chi connectivity index (χ4n) is 9.95. The van der Waals surface area contributed by atoms with Crippen molar-refractivity contribution in [3.8, 4) is 5.75 Å². The molecule has 31 nitrogen and oxygen atoms in total. The Morgan fingerprint density at radius 3 is 1.52 bits per heavy atom. The summed E-state index contributed by atoms with van der Waals surface area (Å²) in [5, 5.41) is 82.6. The average Bonchev–Trinajstić information content (AvgIpc) is 1.43.